The number of rotatable bonds is 1. The first kappa shape index (κ1) is 10.3. The van der Waals surface area contributed by atoms with Gasteiger partial charge < -0.3 is 0 Å². The molecule has 0 aliphatic carbocycles. The molecule has 0 atom stereocenters. The van der Waals surface area contributed by atoms with Crippen LogP contribution in [-0.2, 0) is 0 Å². The molecular formula is C13H8ClFN2. The fourth-order valence-corrected chi connectivity index (χ4v) is 2.06. The summed E-state index contributed by atoms with van der Waals surface area (Å²) in [5, 5.41) is 0.583. The number of aromatic nitrogens is 2. The van der Waals surface area contributed by atoms with Crippen LogP contribution in [0.3, 0.4) is 0 Å². The highest BCUT2D eigenvalue weighted by molar-refractivity contribution is 6.30. The topological polar surface area (TPSA) is 17.3 Å². The lowest BCUT2D eigenvalue weighted by Gasteiger charge is -2.03. The van der Waals surface area contributed by atoms with E-state index in [2.05, 4.69) is 4.98 Å². The van der Waals surface area contributed by atoms with Crippen molar-refractivity contribution in [3.8, 4) is 11.4 Å². The lowest BCUT2D eigenvalue weighted by Crippen LogP contribution is -1.90. The largest absolute Gasteiger partial charge is 0.283 e. The summed E-state index contributed by atoms with van der Waals surface area (Å²) < 4.78 is 14.7. The van der Waals surface area contributed by atoms with E-state index in [0.717, 1.165) is 11.1 Å². The predicted octanol–water partition coefficient (Wildman–Crippen LogP) is 3.79. The number of nitrogens with zero attached hydrogens (tertiary/aromatic N) is 2. The van der Waals surface area contributed by atoms with Gasteiger partial charge in [0, 0.05) is 5.56 Å². The predicted molar refractivity (Wildman–Crippen MR) is 65.6 cm³/mol. The number of benzene rings is 1. The Morgan fingerprint density at radius 3 is 2.59 bits per heavy atom. The van der Waals surface area contributed by atoms with Crippen molar-refractivity contribution < 1.29 is 4.39 Å². The molecular weight excluding hydrogens is 239 g/mol. The molecule has 0 saturated heterocycles. The summed E-state index contributed by atoms with van der Waals surface area (Å²) in [6.45, 7) is 0. The van der Waals surface area contributed by atoms with Gasteiger partial charge in [-0.15, -0.1) is 0 Å². The summed E-state index contributed by atoms with van der Waals surface area (Å²) in [7, 11) is 0. The van der Waals surface area contributed by atoms with Gasteiger partial charge in [-0.2, -0.15) is 0 Å². The van der Waals surface area contributed by atoms with Crippen LogP contribution in [0.4, 0.5) is 4.39 Å². The average molecular weight is 247 g/mol. The van der Waals surface area contributed by atoms with Gasteiger partial charge in [-0.1, -0.05) is 17.7 Å². The lowest BCUT2D eigenvalue weighted by molar-refractivity contribution is 0.628. The van der Waals surface area contributed by atoms with Crippen LogP contribution in [0.25, 0.3) is 16.9 Å². The second-order valence-corrected chi connectivity index (χ2v) is 4.08. The zero-order chi connectivity index (χ0) is 11.8. The van der Waals surface area contributed by atoms with Gasteiger partial charge in [0.2, 0.25) is 0 Å². The third-order valence-electron chi connectivity index (χ3n) is 2.61. The van der Waals surface area contributed by atoms with Gasteiger partial charge in [0.1, 0.15) is 16.8 Å². The molecule has 2 heterocycles. The monoisotopic (exact) mass is 246 g/mol. The lowest BCUT2D eigenvalue weighted by atomic mass is 10.2. The summed E-state index contributed by atoms with van der Waals surface area (Å²) in [5.74, 6) is 0.450. The molecule has 0 spiro atoms. The number of pyridine rings is 1. The normalized spacial score (nSPS) is 10.9. The van der Waals surface area contributed by atoms with Gasteiger partial charge in [-0.05, 0) is 36.4 Å². The van der Waals surface area contributed by atoms with E-state index in [1.807, 2.05) is 16.5 Å². The smallest absolute Gasteiger partial charge is 0.145 e. The Labute approximate surface area is 102 Å². The molecule has 84 valence electrons. The Hall–Kier alpha value is -1.87. The summed E-state index contributed by atoms with van der Waals surface area (Å²) in [6, 6.07) is 11.8. The van der Waals surface area contributed by atoms with E-state index in [1.165, 1.54) is 12.1 Å². The summed E-state index contributed by atoms with van der Waals surface area (Å²) in [5.41, 5.74) is 1.75. The first-order valence-electron chi connectivity index (χ1n) is 5.13. The van der Waals surface area contributed by atoms with Crippen LogP contribution in [0.1, 0.15) is 0 Å². The van der Waals surface area contributed by atoms with Crippen LogP contribution in [0.15, 0.2) is 48.7 Å². The van der Waals surface area contributed by atoms with Crippen LogP contribution in [0, 0.1) is 5.82 Å². The van der Waals surface area contributed by atoms with Crippen LogP contribution in [0.5, 0.6) is 0 Å². The molecule has 0 aliphatic rings. The molecule has 3 aromatic rings. The van der Waals surface area contributed by atoms with Crippen molar-refractivity contribution in [2.75, 3.05) is 0 Å². The molecule has 2 nitrogen and oxygen atoms in total. The average Bonchev–Trinajstić information content (AvgIpc) is 2.75. The Morgan fingerprint density at radius 2 is 1.82 bits per heavy atom. The van der Waals surface area contributed by atoms with E-state index < -0.39 is 0 Å². The molecule has 17 heavy (non-hydrogen) atoms. The molecule has 0 aliphatic heterocycles. The van der Waals surface area contributed by atoms with E-state index in [4.69, 9.17) is 11.6 Å². The molecule has 0 fully saturated rings. The van der Waals surface area contributed by atoms with Crippen LogP contribution >= 0.6 is 11.6 Å². The van der Waals surface area contributed by atoms with Crippen molar-refractivity contribution in [1.29, 1.82) is 0 Å². The van der Waals surface area contributed by atoms with E-state index in [0.29, 0.717) is 11.0 Å². The molecule has 4 heteroatoms. The van der Waals surface area contributed by atoms with E-state index >= 15 is 0 Å². The molecule has 0 N–H and O–H groups in total. The zero-order valence-corrected chi connectivity index (χ0v) is 9.53. The maximum Gasteiger partial charge on any atom is 0.145 e. The fraction of sp³-hybridized carbons (Fsp3) is 0. The van der Waals surface area contributed by atoms with Crippen molar-refractivity contribution in [1.82, 2.24) is 9.38 Å². The number of halogens is 2. The molecule has 0 radical (unpaired) electrons. The van der Waals surface area contributed by atoms with Crippen molar-refractivity contribution in [2.24, 2.45) is 0 Å². The highest BCUT2D eigenvalue weighted by Gasteiger charge is 2.08. The number of imidazole rings is 1. The molecule has 3 rings (SSSR count). The molecule has 0 bridgehead atoms. The molecule has 0 unspecified atom stereocenters. The minimum atomic E-state index is -0.263. The quantitative estimate of drug-likeness (QED) is 0.597. The second kappa shape index (κ2) is 3.86. The van der Waals surface area contributed by atoms with Gasteiger partial charge in [-0.25, -0.2) is 9.37 Å². The van der Waals surface area contributed by atoms with Crippen LogP contribution in [-0.4, -0.2) is 9.38 Å². The van der Waals surface area contributed by atoms with Gasteiger partial charge in [-0.3, -0.25) is 4.40 Å². The Kier molecular flexibility index (Phi) is 2.34. The summed E-state index contributed by atoms with van der Waals surface area (Å²) >= 11 is 6.13. The Morgan fingerprint density at radius 1 is 1.06 bits per heavy atom. The van der Waals surface area contributed by atoms with Crippen LogP contribution in [0.2, 0.25) is 5.15 Å². The first-order valence-corrected chi connectivity index (χ1v) is 5.51. The summed E-state index contributed by atoms with van der Waals surface area (Å²) in [4.78, 5) is 4.31. The Balaban J connectivity index is 2.27. The fourth-order valence-electron chi connectivity index (χ4n) is 1.81. The zero-order valence-electron chi connectivity index (χ0n) is 8.77. The number of fused-ring (bicyclic) bond motifs is 1. The van der Waals surface area contributed by atoms with Crippen molar-refractivity contribution >= 4 is 17.1 Å². The maximum absolute atomic E-state index is 12.9. The third kappa shape index (κ3) is 1.68. The van der Waals surface area contributed by atoms with Gasteiger partial charge in [0.05, 0.1) is 11.7 Å². The minimum absolute atomic E-state index is 0.263. The van der Waals surface area contributed by atoms with E-state index in [9.17, 15) is 4.39 Å². The molecule has 0 amide bonds. The maximum atomic E-state index is 12.9. The first-order chi connectivity index (χ1) is 8.25. The summed E-state index contributed by atoms with van der Waals surface area (Å²) in [6.07, 6.45) is 1.74. The van der Waals surface area contributed by atoms with Crippen molar-refractivity contribution in [3.63, 3.8) is 0 Å². The number of hydrogen-bond donors (Lipinski definition) is 0. The van der Waals surface area contributed by atoms with Crippen molar-refractivity contribution in [2.45, 2.75) is 0 Å². The standard InChI is InChI=1S/C13H8ClFN2/c14-12-3-1-2-11-8-16-13(17(11)12)9-4-6-10(15)7-5-9/h1-8H. The number of hydrogen-bond acceptors (Lipinski definition) is 1. The molecule has 2 aromatic heterocycles. The second-order valence-electron chi connectivity index (χ2n) is 3.70. The SMILES string of the molecule is Fc1ccc(-c2ncc3cccc(Cl)n23)cc1. The highest BCUT2D eigenvalue weighted by atomic mass is 35.5. The van der Waals surface area contributed by atoms with Gasteiger partial charge in [0.25, 0.3) is 0 Å². The van der Waals surface area contributed by atoms with Crippen molar-refractivity contribution in [3.05, 3.63) is 59.6 Å². The Bertz CT molecular complexity index is 673. The van der Waals surface area contributed by atoms with E-state index in [1.54, 1.807) is 24.4 Å². The molecule has 0 saturated carbocycles. The highest BCUT2D eigenvalue weighted by Crippen LogP contribution is 2.23. The third-order valence-corrected chi connectivity index (χ3v) is 2.90. The molecule has 1 aromatic carbocycles. The van der Waals surface area contributed by atoms with Crippen LogP contribution < -0.4 is 0 Å². The van der Waals surface area contributed by atoms with Gasteiger partial charge >= 0.3 is 0 Å². The van der Waals surface area contributed by atoms with Gasteiger partial charge in [0.15, 0.2) is 0 Å². The minimum Gasteiger partial charge on any atom is -0.283 e. The van der Waals surface area contributed by atoms with E-state index in [-0.39, 0.29) is 5.82 Å².